The van der Waals surface area contributed by atoms with E-state index in [1.807, 2.05) is 59.5 Å². The number of anilines is 1. The van der Waals surface area contributed by atoms with Gasteiger partial charge in [-0.15, -0.1) is 0 Å². The third-order valence-electron chi connectivity index (χ3n) is 6.04. The van der Waals surface area contributed by atoms with Crippen molar-refractivity contribution >= 4 is 34.7 Å². The molecule has 7 nitrogen and oxygen atoms in total. The molecular formula is C22H26N4O3S. The summed E-state index contributed by atoms with van der Waals surface area (Å²) in [7, 11) is 0. The number of aliphatic carboxylic acids is 1. The largest absolute Gasteiger partial charge is 0.626 e. The second-order valence-corrected chi connectivity index (χ2v) is 8.28. The Balaban J connectivity index is 1.36. The summed E-state index contributed by atoms with van der Waals surface area (Å²) in [6.45, 7) is 1.63. The molecular weight excluding hydrogens is 400 g/mol. The van der Waals surface area contributed by atoms with Crippen LogP contribution in [0.3, 0.4) is 0 Å². The molecule has 1 unspecified atom stereocenters. The number of benzene rings is 2. The van der Waals surface area contributed by atoms with Gasteiger partial charge in [0.15, 0.2) is 17.5 Å². The van der Waals surface area contributed by atoms with Crippen LogP contribution in [0.2, 0.25) is 0 Å². The first-order valence-electron chi connectivity index (χ1n) is 10.2. The average molecular weight is 427 g/mol. The van der Waals surface area contributed by atoms with Crippen LogP contribution in [0.5, 0.6) is 0 Å². The van der Waals surface area contributed by atoms with Gasteiger partial charge >= 0.3 is 5.97 Å². The Hall–Kier alpha value is -2.68. The molecule has 0 aromatic heterocycles. The normalized spacial score (nSPS) is 22.1. The number of carboxylic acid groups (broad SMARTS) is 1. The van der Waals surface area contributed by atoms with Crippen molar-refractivity contribution in [2.75, 3.05) is 25.1 Å². The fourth-order valence-electron chi connectivity index (χ4n) is 4.34. The zero-order chi connectivity index (χ0) is 21.1. The van der Waals surface area contributed by atoms with Crippen LogP contribution in [-0.2, 0) is 11.2 Å². The van der Waals surface area contributed by atoms with E-state index in [0.29, 0.717) is 44.1 Å². The maximum atomic E-state index is 13.6. The molecule has 0 saturated carbocycles. The number of quaternary nitrogens is 1. The Morgan fingerprint density at radius 3 is 2.57 bits per heavy atom. The highest BCUT2D eigenvalue weighted by molar-refractivity contribution is 7.80. The molecule has 0 bridgehead atoms. The molecule has 2 aromatic rings. The SMILES string of the molecule is O=C(O)[C@H](Cc1ccccc1)NC(=S)N1CCC([N+]2([O-])CNc3ccccc32)CC1. The summed E-state index contributed by atoms with van der Waals surface area (Å²) in [5, 5.41) is 29.8. The predicted octanol–water partition coefficient (Wildman–Crippen LogP) is 2.91. The first-order valence-corrected chi connectivity index (χ1v) is 10.6. The third-order valence-corrected chi connectivity index (χ3v) is 6.41. The zero-order valence-electron chi connectivity index (χ0n) is 16.7. The number of likely N-dealkylation sites (tertiary alicyclic amines) is 1. The summed E-state index contributed by atoms with van der Waals surface area (Å²) >= 11 is 5.51. The van der Waals surface area contributed by atoms with Crippen molar-refractivity contribution in [1.82, 2.24) is 14.9 Å². The Labute approximate surface area is 181 Å². The lowest BCUT2D eigenvalue weighted by molar-refractivity contribution is -0.139. The average Bonchev–Trinajstić information content (AvgIpc) is 3.12. The highest BCUT2D eigenvalue weighted by Crippen LogP contribution is 2.40. The van der Waals surface area contributed by atoms with Crippen LogP contribution < -0.4 is 15.3 Å². The first-order chi connectivity index (χ1) is 14.5. The number of nitrogens with zero attached hydrogens (tertiary/aromatic N) is 2. The van der Waals surface area contributed by atoms with E-state index in [1.165, 1.54) is 0 Å². The number of nitrogens with one attached hydrogen (secondary N) is 2. The van der Waals surface area contributed by atoms with Crippen molar-refractivity contribution in [2.45, 2.75) is 31.3 Å². The number of rotatable bonds is 5. The Bertz CT molecular complexity index is 918. The van der Waals surface area contributed by atoms with Gasteiger partial charge in [0.2, 0.25) is 0 Å². The monoisotopic (exact) mass is 426 g/mol. The van der Waals surface area contributed by atoms with Gasteiger partial charge in [-0.3, -0.25) is 0 Å². The fraction of sp³-hybridized carbons (Fsp3) is 0.364. The smallest absolute Gasteiger partial charge is 0.326 e. The van der Waals surface area contributed by atoms with E-state index in [4.69, 9.17) is 12.2 Å². The summed E-state index contributed by atoms with van der Waals surface area (Å²) in [6, 6.07) is 16.4. The number of carbonyl (C=O) groups is 1. The zero-order valence-corrected chi connectivity index (χ0v) is 17.5. The van der Waals surface area contributed by atoms with Gasteiger partial charge < -0.3 is 30.5 Å². The molecule has 2 heterocycles. The van der Waals surface area contributed by atoms with Gasteiger partial charge in [-0.05, 0) is 23.8 Å². The predicted molar refractivity (Wildman–Crippen MR) is 122 cm³/mol. The van der Waals surface area contributed by atoms with Crippen LogP contribution in [0.25, 0.3) is 0 Å². The van der Waals surface area contributed by atoms with Crippen molar-refractivity contribution in [1.29, 1.82) is 0 Å². The molecule has 1 saturated heterocycles. The minimum Gasteiger partial charge on any atom is -0.626 e. The van der Waals surface area contributed by atoms with E-state index in [9.17, 15) is 15.1 Å². The van der Waals surface area contributed by atoms with Crippen LogP contribution in [0, 0.1) is 5.21 Å². The number of hydrogen-bond donors (Lipinski definition) is 3. The van der Waals surface area contributed by atoms with E-state index in [-0.39, 0.29) is 10.7 Å². The van der Waals surface area contributed by atoms with E-state index < -0.39 is 12.0 Å². The first kappa shape index (κ1) is 20.6. The lowest BCUT2D eigenvalue weighted by Gasteiger charge is -2.48. The number of hydroxylamine groups is 2. The number of hydrogen-bond acceptors (Lipinski definition) is 4. The van der Waals surface area contributed by atoms with Gasteiger partial charge in [0, 0.05) is 38.4 Å². The molecule has 2 aliphatic rings. The standard InChI is InChI=1S/C22H26N4O3S/c27-21(28)19(14-16-6-2-1-3-7-16)24-22(30)25-12-10-17(11-13-25)26(29)15-23-18-8-4-5-9-20(18)26/h1-9,17,19,23H,10-15H2,(H,24,30)(H,27,28)/t19-,26?/m0/s1. The van der Waals surface area contributed by atoms with Crippen molar-refractivity contribution in [3.63, 3.8) is 0 Å². The highest BCUT2D eigenvalue weighted by Gasteiger charge is 2.39. The molecule has 30 heavy (non-hydrogen) atoms. The Kier molecular flexibility index (Phi) is 5.90. The summed E-state index contributed by atoms with van der Waals surface area (Å²) in [5.74, 6) is -0.931. The third kappa shape index (κ3) is 4.12. The summed E-state index contributed by atoms with van der Waals surface area (Å²) in [5.41, 5.74) is 2.65. The molecule has 8 heteroatoms. The quantitative estimate of drug-likeness (QED) is 0.385. The van der Waals surface area contributed by atoms with Crippen LogP contribution >= 0.6 is 12.2 Å². The van der Waals surface area contributed by atoms with Gasteiger partial charge in [-0.25, -0.2) is 4.79 Å². The van der Waals surface area contributed by atoms with Gasteiger partial charge in [0.25, 0.3) is 0 Å². The van der Waals surface area contributed by atoms with E-state index in [1.54, 1.807) is 0 Å². The molecule has 2 aromatic carbocycles. The Morgan fingerprint density at radius 1 is 1.20 bits per heavy atom. The van der Waals surface area contributed by atoms with Crippen molar-refractivity contribution in [2.24, 2.45) is 0 Å². The molecule has 2 atom stereocenters. The van der Waals surface area contributed by atoms with Crippen LogP contribution in [0.15, 0.2) is 54.6 Å². The minimum absolute atomic E-state index is 0.0419. The van der Waals surface area contributed by atoms with Crippen molar-refractivity contribution in [3.05, 3.63) is 65.4 Å². The maximum absolute atomic E-state index is 13.6. The van der Waals surface area contributed by atoms with Gasteiger partial charge in [-0.1, -0.05) is 42.5 Å². The lowest BCUT2D eigenvalue weighted by atomic mass is 10.0. The summed E-state index contributed by atoms with van der Waals surface area (Å²) < 4.78 is -0.351. The van der Waals surface area contributed by atoms with Crippen LogP contribution in [-0.4, -0.2) is 52.9 Å². The second-order valence-electron chi connectivity index (χ2n) is 7.90. The topological polar surface area (TPSA) is 87.7 Å². The molecule has 0 radical (unpaired) electrons. The molecule has 0 aliphatic carbocycles. The Morgan fingerprint density at radius 2 is 1.87 bits per heavy atom. The molecule has 2 aliphatic heterocycles. The number of para-hydroxylation sites is 2. The van der Waals surface area contributed by atoms with Gasteiger partial charge in [-0.2, -0.15) is 0 Å². The number of fused-ring (bicyclic) bond motifs is 1. The van der Waals surface area contributed by atoms with Crippen molar-refractivity contribution < 1.29 is 9.90 Å². The molecule has 1 fully saturated rings. The number of carboxylic acids is 1. The molecule has 0 spiro atoms. The van der Waals surface area contributed by atoms with Crippen LogP contribution in [0.1, 0.15) is 18.4 Å². The van der Waals surface area contributed by atoms with E-state index in [2.05, 4.69) is 10.6 Å². The van der Waals surface area contributed by atoms with Crippen molar-refractivity contribution in [3.8, 4) is 0 Å². The lowest BCUT2D eigenvalue weighted by Crippen LogP contribution is -2.58. The molecule has 0 amide bonds. The maximum Gasteiger partial charge on any atom is 0.326 e. The van der Waals surface area contributed by atoms with Gasteiger partial charge in [0.1, 0.15) is 11.7 Å². The molecule has 3 N–H and O–H groups in total. The van der Waals surface area contributed by atoms with E-state index >= 15 is 0 Å². The summed E-state index contributed by atoms with van der Waals surface area (Å²) in [4.78, 5) is 13.7. The van der Waals surface area contributed by atoms with E-state index in [0.717, 1.165) is 16.9 Å². The fourth-order valence-corrected chi connectivity index (χ4v) is 4.67. The molecule has 158 valence electrons. The van der Waals surface area contributed by atoms with Gasteiger partial charge in [0.05, 0.1) is 6.04 Å². The minimum atomic E-state index is -0.931. The van der Waals surface area contributed by atoms with Crippen LogP contribution in [0.4, 0.5) is 11.4 Å². The number of thiocarbonyl (C=S) groups is 1. The number of piperidine rings is 1. The highest BCUT2D eigenvalue weighted by atomic mass is 32.1. The molecule has 4 rings (SSSR count). The second kappa shape index (κ2) is 8.59. The summed E-state index contributed by atoms with van der Waals surface area (Å²) in [6.07, 6.45) is 1.77.